The summed E-state index contributed by atoms with van der Waals surface area (Å²) >= 11 is 0. The van der Waals surface area contributed by atoms with Crippen molar-refractivity contribution in [1.29, 1.82) is 0 Å². The zero-order chi connectivity index (χ0) is 16.8. The van der Waals surface area contributed by atoms with Crippen LogP contribution in [0.25, 0.3) is 0 Å². The van der Waals surface area contributed by atoms with Gasteiger partial charge in [0.15, 0.2) is 0 Å². The number of nitrogens with zero attached hydrogens (tertiary/aromatic N) is 6. The van der Waals surface area contributed by atoms with Crippen LogP contribution < -0.4 is 5.32 Å². The molecule has 1 fully saturated rings. The Labute approximate surface area is 141 Å². The van der Waals surface area contributed by atoms with Crippen molar-refractivity contribution in [1.82, 2.24) is 34.9 Å². The summed E-state index contributed by atoms with van der Waals surface area (Å²) in [6.45, 7) is 3.46. The van der Waals surface area contributed by atoms with Crippen LogP contribution in [0.2, 0.25) is 0 Å². The Morgan fingerprint density at radius 1 is 1.33 bits per heavy atom. The lowest BCUT2D eigenvalue weighted by atomic mass is 10.2. The number of carbonyl (C=O) groups is 1. The third kappa shape index (κ3) is 4.29. The van der Waals surface area contributed by atoms with Crippen molar-refractivity contribution in [3.05, 3.63) is 42.7 Å². The van der Waals surface area contributed by atoms with Crippen LogP contribution in [-0.4, -0.2) is 68.3 Å². The molecule has 8 nitrogen and oxygen atoms in total. The maximum Gasteiger partial charge on any atom is 0.317 e. The van der Waals surface area contributed by atoms with Crippen molar-refractivity contribution < 1.29 is 4.79 Å². The smallest absolute Gasteiger partial charge is 0.317 e. The molecule has 0 aliphatic carbocycles. The van der Waals surface area contributed by atoms with Gasteiger partial charge in [0.1, 0.15) is 5.82 Å². The van der Waals surface area contributed by atoms with Crippen molar-refractivity contribution in [2.24, 2.45) is 0 Å². The highest BCUT2D eigenvalue weighted by Crippen LogP contribution is 2.15. The average Bonchev–Trinajstić information content (AvgIpc) is 3.27. The first kappa shape index (κ1) is 16.4. The molecule has 1 atom stereocenters. The van der Waals surface area contributed by atoms with E-state index in [1.165, 1.54) is 0 Å². The van der Waals surface area contributed by atoms with Gasteiger partial charge in [-0.1, -0.05) is 0 Å². The third-order valence-corrected chi connectivity index (χ3v) is 4.26. The highest BCUT2D eigenvalue weighted by molar-refractivity contribution is 5.74. The van der Waals surface area contributed by atoms with Crippen LogP contribution in [0.5, 0.6) is 0 Å². The molecule has 0 saturated carbocycles. The molecule has 128 valence electrons. The van der Waals surface area contributed by atoms with Crippen LogP contribution in [-0.2, 0) is 13.1 Å². The molecular weight excluding hydrogens is 306 g/mol. The lowest BCUT2D eigenvalue weighted by Crippen LogP contribution is -2.42. The van der Waals surface area contributed by atoms with E-state index in [0.717, 1.165) is 25.3 Å². The van der Waals surface area contributed by atoms with E-state index in [1.54, 1.807) is 23.3 Å². The first-order valence-corrected chi connectivity index (χ1v) is 8.19. The molecule has 2 aromatic heterocycles. The normalized spacial score (nSPS) is 17.4. The molecule has 0 bridgehead atoms. The maximum absolute atomic E-state index is 12.2. The van der Waals surface area contributed by atoms with E-state index in [-0.39, 0.29) is 6.03 Å². The summed E-state index contributed by atoms with van der Waals surface area (Å²) < 4.78 is 1.81. The minimum atomic E-state index is -0.00554. The lowest BCUT2D eigenvalue weighted by molar-refractivity contribution is 0.195. The summed E-state index contributed by atoms with van der Waals surface area (Å²) in [5.41, 5.74) is 0. The number of carbonyl (C=O) groups excluding carboxylic acids is 1. The van der Waals surface area contributed by atoms with Gasteiger partial charge in [-0.2, -0.15) is 5.10 Å². The van der Waals surface area contributed by atoms with E-state index >= 15 is 0 Å². The third-order valence-electron chi connectivity index (χ3n) is 4.26. The van der Waals surface area contributed by atoms with Crippen molar-refractivity contribution in [2.75, 3.05) is 26.7 Å². The van der Waals surface area contributed by atoms with Crippen molar-refractivity contribution in [2.45, 2.75) is 25.6 Å². The Balaban J connectivity index is 1.41. The second-order valence-corrected chi connectivity index (χ2v) is 5.97. The predicted octanol–water partition coefficient (Wildman–Crippen LogP) is 0.589. The number of urea groups is 1. The largest absolute Gasteiger partial charge is 0.336 e. The Kier molecular flexibility index (Phi) is 5.37. The second-order valence-electron chi connectivity index (χ2n) is 5.97. The Bertz CT molecular complexity index is 631. The summed E-state index contributed by atoms with van der Waals surface area (Å²) in [5, 5.41) is 7.07. The van der Waals surface area contributed by atoms with E-state index < -0.39 is 0 Å². The van der Waals surface area contributed by atoms with Gasteiger partial charge in [0.2, 0.25) is 0 Å². The van der Waals surface area contributed by atoms with Crippen LogP contribution in [0.1, 0.15) is 12.2 Å². The SMILES string of the molecule is CN(Cc1ncccn1)C1CCN(C(=O)NCCn2cccn2)C1. The molecule has 2 amide bonds. The zero-order valence-corrected chi connectivity index (χ0v) is 13.9. The lowest BCUT2D eigenvalue weighted by Gasteiger charge is -2.24. The molecule has 3 heterocycles. The first-order chi connectivity index (χ1) is 11.7. The number of rotatable bonds is 6. The summed E-state index contributed by atoms with van der Waals surface area (Å²) in [6.07, 6.45) is 8.10. The van der Waals surface area contributed by atoms with Crippen LogP contribution >= 0.6 is 0 Å². The monoisotopic (exact) mass is 329 g/mol. The Morgan fingerprint density at radius 2 is 2.17 bits per heavy atom. The molecule has 1 N–H and O–H groups in total. The van der Waals surface area contributed by atoms with Gasteiger partial charge in [0.05, 0.1) is 13.1 Å². The second kappa shape index (κ2) is 7.87. The minimum absolute atomic E-state index is 0.00554. The number of aromatic nitrogens is 4. The number of nitrogens with one attached hydrogen (secondary N) is 1. The molecule has 2 aromatic rings. The fourth-order valence-electron chi connectivity index (χ4n) is 2.87. The highest BCUT2D eigenvalue weighted by atomic mass is 16.2. The topological polar surface area (TPSA) is 79.2 Å². The molecule has 1 aliphatic heterocycles. The average molecular weight is 329 g/mol. The zero-order valence-electron chi connectivity index (χ0n) is 13.9. The number of hydrogen-bond acceptors (Lipinski definition) is 5. The van der Waals surface area contributed by atoms with E-state index in [4.69, 9.17) is 0 Å². The van der Waals surface area contributed by atoms with Crippen LogP contribution in [0, 0.1) is 0 Å². The number of hydrogen-bond donors (Lipinski definition) is 1. The molecule has 0 radical (unpaired) electrons. The van der Waals surface area contributed by atoms with Gasteiger partial charge in [-0.05, 0) is 25.6 Å². The van der Waals surface area contributed by atoms with E-state index in [0.29, 0.717) is 25.7 Å². The standard InChI is InChI=1S/C16H23N7O/c1-21(13-15-17-5-2-6-18-15)14-4-10-22(12-14)16(24)19-8-11-23-9-3-7-20-23/h2-3,5-7,9,14H,4,8,10-13H2,1H3,(H,19,24). The van der Waals surface area contributed by atoms with Gasteiger partial charge in [0, 0.05) is 50.5 Å². The van der Waals surface area contributed by atoms with E-state index in [1.807, 2.05) is 23.2 Å². The molecule has 8 heteroatoms. The summed E-state index contributed by atoms with van der Waals surface area (Å²) in [4.78, 5) is 24.8. The molecule has 1 aliphatic rings. The molecule has 3 rings (SSSR count). The van der Waals surface area contributed by atoms with Gasteiger partial charge < -0.3 is 10.2 Å². The van der Waals surface area contributed by atoms with Gasteiger partial charge in [0.25, 0.3) is 0 Å². The summed E-state index contributed by atoms with van der Waals surface area (Å²) in [7, 11) is 2.06. The predicted molar refractivity (Wildman–Crippen MR) is 89.1 cm³/mol. The summed E-state index contributed by atoms with van der Waals surface area (Å²) in [5.74, 6) is 0.808. The fourth-order valence-corrected chi connectivity index (χ4v) is 2.87. The number of amides is 2. The van der Waals surface area contributed by atoms with Gasteiger partial charge >= 0.3 is 6.03 Å². The van der Waals surface area contributed by atoms with E-state index in [2.05, 4.69) is 32.3 Å². The summed E-state index contributed by atoms with van der Waals surface area (Å²) in [6, 6.07) is 4.02. The van der Waals surface area contributed by atoms with Crippen LogP contribution in [0.15, 0.2) is 36.9 Å². The molecular formula is C16H23N7O. The van der Waals surface area contributed by atoms with Crippen molar-refractivity contribution >= 4 is 6.03 Å². The molecule has 0 aromatic carbocycles. The molecule has 1 saturated heterocycles. The highest BCUT2D eigenvalue weighted by Gasteiger charge is 2.28. The van der Waals surface area contributed by atoms with Gasteiger partial charge in [-0.15, -0.1) is 0 Å². The molecule has 24 heavy (non-hydrogen) atoms. The Morgan fingerprint density at radius 3 is 2.92 bits per heavy atom. The first-order valence-electron chi connectivity index (χ1n) is 8.19. The van der Waals surface area contributed by atoms with E-state index in [9.17, 15) is 4.79 Å². The van der Waals surface area contributed by atoms with Crippen LogP contribution in [0.4, 0.5) is 4.79 Å². The van der Waals surface area contributed by atoms with Crippen molar-refractivity contribution in [3.8, 4) is 0 Å². The fraction of sp³-hybridized carbons (Fsp3) is 0.500. The van der Waals surface area contributed by atoms with Gasteiger partial charge in [-0.25, -0.2) is 14.8 Å². The number of likely N-dealkylation sites (N-methyl/N-ethyl adjacent to an activating group) is 1. The van der Waals surface area contributed by atoms with Crippen LogP contribution in [0.3, 0.4) is 0 Å². The number of likely N-dealkylation sites (tertiary alicyclic amines) is 1. The Hall–Kier alpha value is -2.48. The maximum atomic E-state index is 12.2. The minimum Gasteiger partial charge on any atom is -0.336 e. The molecule has 0 spiro atoms. The molecule has 1 unspecified atom stereocenters. The van der Waals surface area contributed by atoms with Gasteiger partial charge in [-0.3, -0.25) is 9.58 Å². The quantitative estimate of drug-likeness (QED) is 0.839. The van der Waals surface area contributed by atoms with Crippen molar-refractivity contribution in [3.63, 3.8) is 0 Å².